The van der Waals surface area contributed by atoms with Gasteiger partial charge >= 0.3 is 0 Å². The van der Waals surface area contributed by atoms with E-state index in [4.69, 9.17) is 10.6 Å². The van der Waals surface area contributed by atoms with Gasteiger partial charge in [-0.05, 0) is 32.6 Å². The highest BCUT2D eigenvalue weighted by molar-refractivity contribution is 4.71. The molecule has 0 saturated heterocycles. The van der Waals surface area contributed by atoms with Crippen molar-refractivity contribution in [2.75, 3.05) is 7.11 Å². The first-order valence-electron chi connectivity index (χ1n) is 4.84. The van der Waals surface area contributed by atoms with Crippen molar-refractivity contribution in [2.45, 2.75) is 44.8 Å². The van der Waals surface area contributed by atoms with E-state index in [1.807, 2.05) is 6.08 Å². The van der Waals surface area contributed by atoms with Gasteiger partial charge in [-0.2, -0.15) is 0 Å². The molecular formula is C10H22N2O. The molecule has 3 N–H and O–H groups in total. The maximum absolute atomic E-state index is 5.43. The van der Waals surface area contributed by atoms with E-state index in [2.05, 4.69) is 18.9 Å². The second kappa shape index (κ2) is 8.23. The molecule has 0 rings (SSSR count). The van der Waals surface area contributed by atoms with Crippen LogP contribution in [0.4, 0.5) is 0 Å². The fraction of sp³-hybridized carbons (Fsp3) is 0.800. The highest BCUT2D eigenvalue weighted by atomic mass is 16.5. The average molecular weight is 186 g/mol. The molecule has 2 atom stereocenters. The van der Waals surface area contributed by atoms with Crippen LogP contribution in [-0.4, -0.2) is 19.3 Å². The Labute approximate surface area is 81.3 Å². The smallest absolute Gasteiger partial charge is 0.0558 e. The summed E-state index contributed by atoms with van der Waals surface area (Å²) in [5.74, 6) is 5.43. The van der Waals surface area contributed by atoms with Crippen LogP contribution in [0.2, 0.25) is 0 Å². The Hall–Kier alpha value is -0.380. The summed E-state index contributed by atoms with van der Waals surface area (Å²) in [4.78, 5) is 0. The quantitative estimate of drug-likeness (QED) is 0.262. The van der Waals surface area contributed by atoms with Gasteiger partial charge in [-0.3, -0.25) is 11.3 Å². The van der Waals surface area contributed by atoms with Crippen LogP contribution in [0.15, 0.2) is 12.7 Å². The summed E-state index contributed by atoms with van der Waals surface area (Å²) in [7, 11) is 1.72. The minimum Gasteiger partial charge on any atom is -0.382 e. The number of ether oxygens (including phenoxy) is 1. The molecule has 0 bridgehead atoms. The molecule has 0 radical (unpaired) electrons. The van der Waals surface area contributed by atoms with Crippen molar-refractivity contribution in [3.63, 3.8) is 0 Å². The lowest BCUT2D eigenvalue weighted by atomic mass is 10.0. The normalized spacial score (nSPS) is 15.3. The summed E-state index contributed by atoms with van der Waals surface area (Å²) >= 11 is 0. The lowest BCUT2D eigenvalue weighted by Crippen LogP contribution is -2.37. The molecule has 0 aromatic carbocycles. The first-order valence-corrected chi connectivity index (χ1v) is 4.84. The van der Waals surface area contributed by atoms with E-state index in [0.29, 0.717) is 6.04 Å². The van der Waals surface area contributed by atoms with Gasteiger partial charge in [-0.15, -0.1) is 6.58 Å². The van der Waals surface area contributed by atoms with Gasteiger partial charge in [0.1, 0.15) is 0 Å². The van der Waals surface area contributed by atoms with Crippen LogP contribution in [0.3, 0.4) is 0 Å². The molecule has 0 saturated carbocycles. The van der Waals surface area contributed by atoms with Crippen LogP contribution in [-0.2, 0) is 4.74 Å². The Morgan fingerprint density at radius 2 is 2.31 bits per heavy atom. The van der Waals surface area contributed by atoms with E-state index in [9.17, 15) is 0 Å². The van der Waals surface area contributed by atoms with Gasteiger partial charge in [-0.1, -0.05) is 6.08 Å². The molecule has 0 aromatic rings. The molecule has 13 heavy (non-hydrogen) atoms. The lowest BCUT2D eigenvalue weighted by molar-refractivity contribution is 0.0991. The Morgan fingerprint density at radius 1 is 1.62 bits per heavy atom. The zero-order chi connectivity index (χ0) is 10.1. The third-order valence-corrected chi connectivity index (χ3v) is 2.22. The topological polar surface area (TPSA) is 47.3 Å². The van der Waals surface area contributed by atoms with E-state index < -0.39 is 0 Å². The van der Waals surface area contributed by atoms with E-state index in [-0.39, 0.29) is 6.10 Å². The zero-order valence-electron chi connectivity index (χ0n) is 8.75. The van der Waals surface area contributed by atoms with Crippen molar-refractivity contribution < 1.29 is 4.74 Å². The highest BCUT2D eigenvalue weighted by Crippen LogP contribution is 2.08. The maximum atomic E-state index is 5.43. The third kappa shape index (κ3) is 6.75. The van der Waals surface area contributed by atoms with Crippen LogP contribution in [0.5, 0.6) is 0 Å². The van der Waals surface area contributed by atoms with Gasteiger partial charge in [0, 0.05) is 13.2 Å². The molecule has 3 heteroatoms. The predicted octanol–water partition coefficient (Wildman–Crippen LogP) is 1.60. The molecule has 78 valence electrons. The van der Waals surface area contributed by atoms with Crippen molar-refractivity contribution in [1.29, 1.82) is 0 Å². The monoisotopic (exact) mass is 186 g/mol. The summed E-state index contributed by atoms with van der Waals surface area (Å²) in [6.07, 6.45) is 6.44. The van der Waals surface area contributed by atoms with Crippen LogP contribution >= 0.6 is 0 Å². The fourth-order valence-electron chi connectivity index (χ4n) is 1.27. The summed E-state index contributed by atoms with van der Waals surface area (Å²) in [5, 5.41) is 0. The Kier molecular flexibility index (Phi) is 7.99. The Morgan fingerprint density at radius 3 is 2.77 bits per heavy atom. The number of hydrogen-bond donors (Lipinski definition) is 2. The highest BCUT2D eigenvalue weighted by Gasteiger charge is 2.10. The number of methoxy groups -OCH3 is 1. The van der Waals surface area contributed by atoms with Gasteiger partial charge in [0.15, 0.2) is 0 Å². The molecule has 3 nitrogen and oxygen atoms in total. The van der Waals surface area contributed by atoms with Gasteiger partial charge in [-0.25, -0.2) is 0 Å². The predicted molar refractivity (Wildman–Crippen MR) is 56.2 cm³/mol. The number of rotatable bonds is 8. The molecule has 0 spiro atoms. The van der Waals surface area contributed by atoms with E-state index in [1.54, 1.807) is 7.11 Å². The van der Waals surface area contributed by atoms with E-state index in [1.165, 1.54) is 0 Å². The number of hydrazine groups is 1. The van der Waals surface area contributed by atoms with Crippen LogP contribution in [0, 0.1) is 0 Å². The first kappa shape index (κ1) is 12.6. The minimum absolute atomic E-state index is 0.268. The van der Waals surface area contributed by atoms with Gasteiger partial charge < -0.3 is 4.74 Å². The van der Waals surface area contributed by atoms with E-state index >= 15 is 0 Å². The molecule has 0 aliphatic rings. The molecule has 0 aromatic heterocycles. The van der Waals surface area contributed by atoms with Gasteiger partial charge in [0.05, 0.1) is 6.10 Å². The molecule has 0 aliphatic carbocycles. The summed E-state index contributed by atoms with van der Waals surface area (Å²) in [6.45, 7) is 5.74. The molecule has 0 aliphatic heterocycles. The summed E-state index contributed by atoms with van der Waals surface area (Å²) < 4.78 is 5.17. The number of allylic oxidation sites excluding steroid dienone is 1. The fourth-order valence-corrected chi connectivity index (χ4v) is 1.27. The molecule has 0 amide bonds. The first-order chi connectivity index (χ1) is 6.24. The van der Waals surface area contributed by atoms with Gasteiger partial charge in [0.2, 0.25) is 0 Å². The third-order valence-electron chi connectivity index (χ3n) is 2.22. The second-order valence-corrected chi connectivity index (χ2v) is 3.37. The van der Waals surface area contributed by atoms with Crippen molar-refractivity contribution >= 4 is 0 Å². The van der Waals surface area contributed by atoms with Crippen molar-refractivity contribution in [3.8, 4) is 0 Å². The lowest BCUT2D eigenvalue weighted by Gasteiger charge is -2.18. The van der Waals surface area contributed by atoms with Crippen molar-refractivity contribution in [1.82, 2.24) is 5.43 Å². The minimum atomic E-state index is 0.268. The number of hydrogen-bond acceptors (Lipinski definition) is 3. The number of nitrogens with one attached hydrogen (secondary N) is 1. The van der Waals surface area contributed by atoms with Crippen molar-refractivity contribution in [3.05, 3.63) is 12.7 Å². The molecule has 0 heterocycles. The zero-order valence-corrected chi connectivity index (χ0v) is 8.75. The molecule has 0 fully saturated rings. The average Bonchev–Trinajstić information content (AvgIpc) is 2.16. The van der Waals surface area contributed by atoms with E-state index in [0.717, 1.165) is 25.7 Å². The Bertz CT molecular complexity index is 128. The number of nitrogens with two attached hydrogens (primary N) is 1. The molecule has 2 unspecified atom stereocenters. The van der Waals surface area contributed by atoms with Crippen LogP contribution in [0.1, 0.15) is 32.6 Å². The van der Waals surface area contributed by atoms with Crippen molar-refractivity contribution in [2.24, 2.45) is 5.84 Å². The largest absolute Gasteiger partial charge is 0.382 e. The Balaban J connectivity index is 3.55. The van der Waals surface area contributed by atoms with Crippen LogP contribution < -0.4 is 11.3 Å². The second-order valence-electron chi connectivity index (χ2n) is 3.37. The SMILES string of the molecule is C=CCCCC(CC(C)OC)NN. The molecular weight excluding hydrogens is 164 g/mol. The maximum Gasteiger partial charge on any atom is 0.0558 e. The van der Waals surface area contributed by atoms with Gasteiger partial charge in [0.25, 0.3) is 0 Å². The standard InChI is InChI=1S/C10H22N2O/c1-4-5-6-7-10(12-11)8-9(2)13-3/h4,9-10,12H,1,5-8,11H2,2-3H3. The number of unbranched alkanes of at least 4 members (excludes halogenated alkanes) is 1. The van der Waals surface area contributed by atoms with Crippen LogP contribution in [0.25, 0.3) is 0 Å². The summed E-state index contributed by atoms with van der Waals surface area (Å²) in [6, 6.07) is 0.356. The summed E-state index contributed by atoms with van der Waals surface area (Å²) in [5.41, 5.74) is 2.81.